The molecule has 0 spiro atoms. The Hall–Kier alpha value is -1.09. The molecule has 2 unspecified atom stereocenters. The predicted molar refractivity (Wildman–Crippen MR) is 81.4 cm³/mol. The molecule has 3 rings (SSSR count). The first-order chi connectivity index (χ1) is 9.76. The Morgan fingerprint density at radius 3 is 2.70 bits per heavy atom. The lowest BCUT2D eigenvalue weighted by molar-refractivity contribution is 0.202. The van der Waals surface area contributed by atoms with Crippen molar-refractivity contribution < 1.29 is 4.39 Å². The fourth-order valence-corrected chi connectivity index (χ4v) is 3.96. The van der Waals surface area contributed by atoms with Crippen LogP contribution in [0.4, 0.5) is 10.1 Å². The smallest absolute Gasteiger partial charge is 0.125 e. The van der Waals surface area contributed by atoms with Gasteiger partial charge in [-0.15, -0.1) is 0 Å². The summed E-state index contributed by atoms with van der Waals surface area (Å²) >= 11 is 0. The zero-order valence-corrected chi connectivity index (χ0v) is 12.2. The van der Waals surface area contributed by atoms with E-state index < -0.39 is 0 Å². The SMILES string of the molecule is NCCc1cc(F)cc(N2CCC3CCCCC3C2)c1. The van der Waals surface area contributed by atoms with Crippen LogP contribution in [0.1, 0.15) is 37.7 Å². The summed E-state index contributed by atoms with van der Waals surface area (Å²) in [7, 11) is 0. The van der Waals surface area contributed by atoms with Gasteiger partial charge in [-0.1, -0.05) is 19.3 Å². The average Bonchev–Trinajstić information content (AvgIpc) is 2.46. The van der Waals surface area contributed by atoms with Gasteiger partial charge in [0.05, 0.1) is 0 Å². The highest BCUT2D eigenvalue weighted by Crippen LogP contribution is 2.37. The molecule has 2 atom stereocenters. The van der Waals surface area contributed by atoms with Crippen molar-refractivity contribution in [3.8, 4) is 0 Å². The Balaban J connectivity index is 1.75. The van der Waals surface area contributed by atoms with Gasteiger partial charge in [-0.05, 0) is 61.4 Å². The maximum absolute atomic E-state index is 13.8. The number of fused-ring (bicyclic) bond motifs is 1. The molecule has 2 aliphatic rings. The Labute approximate surface area is 121 Å². The molecule has 1 aliphatic carbocycles. The topological polar surface area (TPSA) is 29.3 Å². The van der Waals surface area contributed by atoms with E-state index in [-0.39, 0.29) is 5.82 Å². The van der Waals surface area contributed by atoms with E-state index in [0.29, 0.717) is 6.54 Å². The van der Waals surface area contributed by atoms with Gasteiger partial charge in [0, 0.05) is 18.8 Å². The molecule has 0 amide bonds. The first kappa shape index (κ1) is 13.9. The third-order valence-electron chi connectivity index (χ3n) is 5.03. The molecule has 1 saturated heterocycles. The number of piperidine rings is 1. The number of halogens is 1. The van der Waals surface area contributed by atoms with Gasteiger partial charge in [0.1, 0.15) is 5.82 Å². The maximum Gasteiger partial charge on any atom is 0.125 e. The number of nitrogens with zero attached hydrogens (tertiary/aromatic N) is 1. The van der Waals surface area contributed by atoms with Gasteiger partial charge in [-0.2, -0.15) is 0 Å². The first-order valence-electron chi connectivity index (χ1n) is 8.01. The molecule has 1 aliphatic heterocycles. The number of benzene rings is 1. The minimum absolute atomic E-state index is 0.128. The molecule has 2 N–H and O–H groups in total. The molecule has 0 radical (unpaired) electrons. The van der Waals surface area contributed by atoms with Crippen LogP contribution in [-0.2, 0) is 6.42 Å². The second kappa shape index (κ2) is 6.13. The number of anilines is 1. The monoisotopic (exact) mass is 276 g/mol. The van der Waals surface area contributed by atoms with Crippen molar-refractivity contribution in [1.82, 2.24) is 0 Å². The first-order valence-corrected chi connectivity index (χ1v) is 8.01. The lowest BCUT2D eigenvalue weighted by atomic mass is 9.75. The van der Waals surface area contributed by atoms with Crippen LogP contribution in [0.25, 0.3) is 0 Å². The van der Waals surface area contributed by atoms with Crippen molar-refractivity contribution in [3.63, 3.8) is 0 Å². The summed E-state index contributed by atoms with van der Waals surface area (Å²) in [5.74, 6) is 1.60. The molecule has 110 valence electrons. The molecule has 1 aromatic carbocycles. The highest BCUT2D eigenvalue weighted by atomic mass is 19.1. The Kier molecular flexibility index (Phi) is 4.25. The maximum atomic E-state index is 13.8. The summed E-state index contributed by atoms with van der Waals surface area (Å²) in [6.45, 7) is 2.76. The summed E-state index contributed by atoms with van der Waals surface area (Å²) in [6.07, 6.45) is 7.56. The highest BCUT2D eigenvalue weighted by molar-refractivity contribution is 5.49. The largest absolute Gasteiger partial charge is 0.371 e. The molecule has 1 saturated carbocycles. The molecule has 1 heterocycles. The van der Waals surface area contributed by atoms with Crippen molar-refractivity contribution in [1.29, 1.82) is 0 Å². The van der Waals surface area contributed by atoms with Gasteiger partial charge < -0.3 is 10.6 Å². The summed E-state index contributed by atoms with van der Waals surface area (Å²) < 4.78 is 13.8. The van der Waals surface area contributed by atoms with E-state index in [1.807, 2.05) is 0 Å². The average molecular weight is 276 g/mol. The Morgan fingerprint density at radius 1 is 1.10 bits per heavy atom. The number of rotatable bonds is 3. The lowest BCUT2D eigenvalue weighted by Crippen LogP contribution is -2.41. The lowest BCUT2D eigenvalue weighted by Gasteiger charge is -2.42. The van der Waals surface area contributed by atoms with E-state index in [1.54, 1.807) is 12.1 Å². The third kappa shape index (κ3) is 2.98. The van der Waals surface area contributed by atoms with Crippen LogP contribution in [0.3, 0.4) is 0 Å². The quantitative estimate of drug-likeness (QED) is 0.917. The Morgan fingerprint density at radius 2 is 1.90 bits per heavy atom. The number of hydrogen-bond donors (Lipinski definition) is 1. The van der Waals surface area contributed by atoms with Crippen LogP contribution in [0.5, 0.6) is 0 Å². The molecular weight excluding hydrogens is 251 g/mol. The fourth-order valence-electron chi connectivity index (χ4n) is 3.96. The van der Waals surface area contributed by atoms with E-state index >= 15 is 0 Å². The van der Waals surface area contributed by atoms with Gasteiger partial charge in [-0.3, -0.25) is 0 Å². The summed E-state index contributed by atoms with van der Waals surface area (Å²) in [5.41, 5.74) is 7.67. The van der Waals surface area contributed by atoms with Crippen molar-refractivity contribution in [3.05, 3.63) is 29.6 Å². The van der Waals surface area contributed by atoms with Crippen molar-refractivity contribution in [2.75, 3.05) is 24.5 Å². The molecular formula is C17H25FN2. The summed E-state index contributed by atoms with van der Waals surface area (Å²) in [6, 6.07) is 5.42. The Bertz CT molecular complexity index is 460. The standard InChI is InChI=1S/C17H25FN2/c18-16-9-13(5-7-19)10-17(11-16)20-8-6-14-3-1-2-4-15(14)12-20/h9-11,14-15H,1-8,12,19H2. The molecule has 0 aromatic heterocycles. The number of hydrogen-bond acceptors (Lipinski definition) is 2. The van der Waals surface area contributed by atoms with Crippen LogP contribution < -0.4 is 10.6 Å². The third-order valence-corrected chi connectivity index (χ3v) is 5.03. The van der Waals surface area contributed by atoms with Crippen molar-refractivity contribution in [2.45, 2.75) is 38.5 Å². The van der Waals surface area contributed by atoms with Crippen LogP contribution in [0.15, 0.2) is 18.2 Å². The molecule has 20 heavy (non-hydrogen) atoms. The van der Waals surface area contributed by atoms with E-state index in [4.69, 9.17) is 5.73 Å². The highest BCUT2D eigenvalue weighted by Gasteiger charge is 2.31. The second-order valence-corrected chi connectivity index (χ2v) is 6.40. The van der Waals surface area contributed by atoms with E-state index in [2.05, 4.69) is 11.0 Å². The normalized spacial score (nSPS) is 26.4. The minimum Gasteiger partial charge on any atom is -0.371 e. The van der Waals surface area contributed by atoms with Gasteiger partial charge in [0.15, 0.2) is 0 Å². The zero-order chi connectivity index (χ0) is 13.9. The minimum atomic E-state index is -0.128. The molecule has 0 bridgehead atoms. The van der Waals surface area contributed by atoms with Gasteiger partial charge >= 0.3 is 0 Å². The number of nitrogens with two attached hydrogens (primary N) is 1. The molecule has 1 aromatic rings. The van der Waals surface area contributed by atoms with Gasteiger partial charge in [0.2, 0.25) is 0 Å². The summed E-state index contributed by atoms with van der Waals surface area (Å²) in [4.78, 5) is 2.38. The molecule has 2 fully saturated rings. The fraction of sp³-hybridized carbons (Fsp3) is 0.647. The van der Waals surface area contributed by atoms with E-state index in [1.165, 1.54) is 32.1 Å². The van der Waals surface area contributed by atoms with E-state index in [0.717, 1.165) is 42.6 Å². The van der Waals surface area contributed by atoms with E-state index in [9.17, 15) is 4.39 Å². The predicted octanol–water partition coefficient (Wildman–Crippen LogP) is 3.34. The zero-order valence-electron chi connectivity index (χ0n) is 12.2. The molecule has 2 nitrogen and oxygen atoms in total. The second-order valence-electron chi connectivity index (χ2n) is 6.40. The molecule has 3 heteroatoms. The summed E-state index contributed by atoms with van der Waals surface area (Å²) in [5, 5.41) is 0. The van der Waals surface area contributed by atoms with Crippen LogP contribution in [0, 0.1) is 17.7 Å². The van der Waals surface area contributed by atoms with Gasteiger partial charge in [-0.25, -0.2) is 4.39 Å². The van der Waals surface area contributed by atoms with Crippen LogP contribution in [0.2, 0.25) is 0 Å². The van der Waals surface area contributed by atoms with Crippen molar-refractivity contribution in [2.24, 2.45) is 17.6 Å². The van der Waals surface area contributed by atoms with Crippen LogP contribution in [-0.4, -0.2) is 19.6 Å². The van der Waals surface area contributed by atoms with Crippen LogP contribution >= 0.6 is 0 Å². The van der Waals surface area contributed by atoms with Gasteiger partial charge in [0.25, 0.3) is 0 Å². The van der Waals surface area contributed by atoms with Crippen molar-refractivity contribution >= 4 is 5.69 Å².